The Kier molecular flexibility index (Phi) is 6.45. The zero-order chi connectivity index (χ0) is 23.1. The highest BCUT2D eigenvalue weighted by Gasteiger charge is 2.52. The van der Waals surface area contributed by atoms with E-state index in [-0.39, 0.29) is 11.5 Å². The van der Waals surface area contributed by atoms with E-state index in [0.717, 1.165) is 31.9 Å². The molecule has 1 atom stereocenters. The monoisotopic (exact) mass is 456 g/mol. The smallest absolute Gasteiger partial charge is 0.230 e. The number of para-hydroxylation sites is 1. The Bertz CT molecular complexity index is 838. The van der Waals surface area contributed by atoms with E-state index >= 15 is 0 Å². The maximum absolute atomic E-state index is 12.5. The van der Waals surface area contributed by atoms with Gasteiger partial charge in [-0.3, -0.25) is 4.79 Å². The number of carbonyl (C=O) groups is 1. The van der Waals surface area contributed by atoms with Gasteiger partial charge in [0.2, 0.25) is 5.91 Å². The standard InChI is InChI=1S/C27H40N2O4/c1-26(2,31-3)19-33-24-7-5-4-6-23(24)20-9-12-28(13-10-20)22-8-11-27(14-22)17-29(18-27)25(30)21-15-32-16-21/h4-7,20-22H,8-19H2,1-3H3/t22-/m1/s1. The summed E-state index contributed by atoms with van der Waals surface area (Å²) < 4.78 is 16.9. The first kappa shape index (κ1) is 23.1. The molecule has 6 heteroatoms. The van der Waals surface area contributed by atoms with Crippen molar-refractivity contribution in [3.05, 3.63) is 29.8 Å². The fourth-order valence-corrected chi connectivity index (χ4v) is 6.17. The number of hydrogen-bond donors (Lipinski definition) is 0. The van der Waals surface area contributed by atoms with E-state index in [2.05, 4.69) is 47.9 Å². The van der Waals surface area contributed by atoms with Crippen molar-refractivity contribution in [3.63, 3.8) is 0 Å². The second-order valence-corrected chi connectivity index (χ2v) is 11.4. The van der Waals surface area contributed by atoms with Crippen molar-refractivity contribution in [1.82, 2.24) is 9.80 Å². The first-order chi connectivity index (χ1) is 15.9. The Balaban J connectivity index is 1.12. The van der Waals surface area contributed by atoms with Gasteiger partial charge < -0.3 is 24.0 Å². The quantitative estimate of drug-likeness (QED) is 0.626. The van der Waals surface area contributed by atoms with Gasteiger partial charge in [0.15, 0.2) is 0 Å². The minimum Gasteiger partial charge on any atom is -0.490 e. The fourth-order valence-electron chi connectivity index (χ4n) is 6.17. The number of benzene rings is 1. The Labute approximate surface area is 198 Å². The SMILES string of the molecule is COC(C)(C)COc1ccccc1C1CCN([C@@H]2CCC3(C2)CN(C(=O)C2COC2)C3)CC1. The number of ether oxygens (including phenoxy) is 3. The molecule has 1 amide bonds. The lowest BCUT2D eigenvalue weighted by molar-refractivity contribution is -0.161. The van der Waals surface area contributed by atoms with Crippen molar-refractivity contribution >= 4 is 5.91 Å². The van der Waals surface area contributed by atoms with Crippen LogP contribution in [0.5, 0.6) is 5.75 Å². The number of amides is 1. The summed E-state index contributed by atoms with van der Waals surface area (Å²) in [6.07, 6.45) is 6.18. The van der Waals surface area contributed by atoms with Crippen LogP contribution >= 0.6 is 0 Å². The van der Waals surface area contributed by atoms with Gasteiger partial charge in [-0.05, 0) is 76.6 Å². The minimum absolute atomic E-state index is 0.131. The molecule has 1 aromatic carbocycles. The average molecular weight is 457 g/mol. The number of carbonyl (C=O) groups excluding carboxylic acids is 1. The maximum atomic E-state index is 12.5. The second-order valence-electron chi connectivity index (χ2n) is 11.4. The summed E-state index contributed by atoms with van der Waals surface area (Å²) in [5, 5.41) is 0. The molecule has 182 valence electrons. The lowest BCUT2D eigenvalue weighted by Crippen LogP contribution is -2.61. The predicted octanol–water partition coefficient (Wildman–Crippen LogP) is 3.70. The van der Waals surface area contributed by atoms with Gasteiger partial charge in [0, 0.05) is 31.7 Å². The Hall–Kier alpha value is -1.63. The van der Waals surface area contributed by atoms with Gasteiger partial charge in [0.1, 0.15) is 12.4 Å². The van der Waals surface area contributed by atoms with Crippen LogP contribution in [0.25, 0.3) is 0 Å². The highest BCUT2D eigenvalue weighted by molar-refractivity contribution is 5.80. The fraction of sp³-hybridized carbons (Fsp3) is 0.741. The summed E-state index contributed by atoms with van der Waals surface area (Å²) in [6, 6.07) is 9.23. The van der Waals surface area contributed by atoms with E-state index in [4.69, 9.17) is 14.2 Å². The molecular formula is C27H40N2O4. The van der Waals surface area contributed by atoms with Gasteiger partial charge in [0.25, 0.3) is 0 Å². The van der Waals surface area contributed by atoms with Crippen molar-refractivity contribution in [2.75, 3.05) is 53.1 Å². The lowest BCUT2D eigenvalue weighted by atomic mass is 9.77. The van der Waals surface area contributed by atoms with E-state index in [9.17, 15) is 4.79 Å². The van der Waals surface area contributed by atoms with E-state index in [1.54, 1.807) is 7.11 Å². The van der Waals surface area contributed by atoms with Gasteiger partial charge in [-0.15, -0.1) is 0 Å². The molecule has 1 aromatic rings. The van der Waals surface area contributed by atoms with Crippen molar-refractivity contribution in [2.24, 2.45) is 11.3 Å². The lowest BCUT2D eigenvalue weighted by Gasteiger charge is -2.50. The number of rotatable bonds is 7. The number of methoxy groups -OCH3 is 1. The molecule has 3 heterocycles. The summed E-state index contributed by atoms with van der Waals surface area (Å²) in [4.78, 5) is 17.3. The van der Waals surface area contributed by atoms with Crippen LogP contribution in [0.3, 0.4) is 0 Å². The van der Waals surface area contributed by atoms with Gasteiger partial charge in [-0.2, -0.15) is 0 Å². The van der Waals surface area contributed by atoms with E-state index in [1.807, 2.05) is 0 Å². The van der Waals surface area contributed by atoms with Gasteiger partial charge in [0.05, 0.1) is 24.7 Å². The molecule has 0 N–H and O–H groups in total. The Morgan fingerprint density at radius 2 is 1.88 bits per heavy atom. The van der Waals surface area contributed by atoms with E-state index in [1.165, 1.54) is 37.7 Å². The van der Waals surface area contributed by atoms with Gasteiger partial charge in [-0.1, -0.05) is 18.2 Å². The summed E-state index contributed by atoms with van der Waals surface area (Å²) in [6.45, 7) is 10.2. The van der Waals surface area contributed by atoms with Crippen LogP contribution in [0.1, 0.15) is 57.4 Å². The van der Waals surface area contributed by atoms with Crippen LogP contribution in [-0.4, -0.2) is 80.5 Å². The summed E-state index contributed by atoms with van der Waals surface area (Å²) >= 11 is 0. The van der Waals surface area contributed by atoms with Crippen molar-refractivity contribution < 1.29 is 19.0 Å². The van der Waals surface area contributed by atoms with Crippen LogP contribution in [0.4, 0.5) is 0 Å². The third-order valence-corrected chi connectivity index (χ3v) is 8.56. The zero-order valence-corrected chi connectivity index (χ0v) is 20.6. The molecule has 3 aliphatic heterocycles. The number of hydrogen-bond acceptors (Lipinski definition) is 5. The Morgan fingerprint density at radius 1 is 1.15 bits per heavy atom. The molecule has 3 saturated heterocycles. The molecule has 1 aliphatic carbocycles. The molecule has 5 rings (SSSR count). The average Bonchev–Trinajstić information content (AvgIpc) is 3.22. The van der Waals surface area contributed by atoms with Crippen LogP contribution in [0.15, 0.2) is 24.3 Å². The molecule has 1 spiro atoms. The molecular weight excluding hydrogens is 416 g/mol. The third-order valence-electron chi connectivity index (χ3n) is 8.56. The van der Waals surface area contributed by atoms with Gasteiger partial charge >= 0.3 is 0 Å². The number of nitrogens with zero attached hydrogens (tertiary/aromatic N) is 2. The highest BCUT2D eigenvalue weighted by Crippen LogP contribution is 2.48. The normalized spacial score (nSPS) is 26.3. The summed E-state index contributed by atoms with van der Waals surface area (Å²) in [5.41, 5.74) is 1.44. The first-order valence-electron chi connectivity index (χ1n) is 12.8. The molecule has 0 unspecified atom stereocenters. The molecule has 0 radical (unpaired) electrons. The largest absolute Gasteiger partial charge is 0.490 e. The zero-order valence-electron chi connectivity index (χ0n) is 20.6. The first-order valence-corrected chi connectivity index (χ1v) is 12.8. The van der Waals surface area contributed by atoms with Crippen LogP contribution in [-0.2, 0) is 14.3 Å². The highest BCUT2D eigenvalue weighted by atomic mass is 16.5. The molecule has 6 nitrogen and oxygen atoms in total. The van der Waals surface area contributed by atoms with Crippen molar-refractivity contribution in [1.29, 1.82) is 0 Å². The number of piperidine rings is 1. The van der Waals surface area contributed by atoms with Crippen LogP contribution < -0.4 is 4.74 Å². The van der Waals surface area contributed by atoms with Crippen LogP contribution in [0.2, 0.25) is 0 Å². The minimum atomic E-state index is -0.289. The van der Waals surface area contributed by atoms with E-state index < -0.39 is 0 Å². The Morgan fingerprint density at radius 3 is 2.55 bits per heavy atom. The molecule has 0 bridgehead atoms. The maximum Gasteiger partial charge on any atom is 0.230 e. The number of likely N-dealkylation sites (tertiary alicyclic amines) is 2. The molecule has 0 aromatic heterocycles. The summed E-state index contributed by atoms with van der Waals surface area (Å²) in [5.74, 6) is 2.02. The van der Waals surface area contributed by atoms with Crippen molar-refractivity contribution in [3.8, 4) is 5.75 Å². The van der Waals surface area contributed by atoms with Crippen LogP contribution in [0, 0.1) is 11.3 Å². The third kappa shape index (κ3) is 4.80. The molecule has 4 fully saturated rings. The molecule has 1 saturated carbocycles. The van der Waals surface area contributed by atoms with E-state index in [0.29, 0.717) is 43.1 Å². The predicted molar refractivity (Wildman–Crippen MR) is 128 cm³/mol. The molecule has 4 aliphatic rings. The van der Waals surface area contributed by atoms with Gasteiger partial charge in [-0.25, -0.2) is 0 Å². The molecule has 33 heavy (non-hydrogen) atoms. The summed E-state index contributed by atoms with van der Waals surface area (Å²) in [7, 11) is 1.74. The van der Waals surface area contributed by atoms with Crippen molar-refractivity contribution in [2.45, 2.75) is 63.5 Å². The second kappa shape index (κ2) is 9.20. The topological polar surface area (TPSA) is 51.2 Å².